The van der Waals surface area contributed by atoms with Crippen molar-refractivity contribution in [2.45, 2.75) is 32.4 Å². The Morgan fingerprint density at radius 1 is 1.45 bits per heavy atom. The number of likely N-dealkylation sites (N-methyl/N-ethyl adjacent to an activating group) is 2. The van der Waals surface area contributed by atoms with Gasteiger partial charge in [0.2, 0.25) is 0 Å². The molecule has 1 aromatic rings. The molecule has 3 nitrogen and oxygen atoms in total. The van der Waals surface area contributed by atoms with Gasteiger partial charge in [0.15, 0.2) is 0 Å². The van der Waals surface area contributed by atoms with E-state index < -0.39 is 0 Å². The Labute approximate surface area is 121 Å². The van der Waals surface area contributed by atoms with Gasteiger partial charge in [0.1, 0.15) is 5.82 Å². The molecule has 0 radical (unpaired) electrons. The fourth-order valence-electron chi connectivity index (χ4n) is 3.01. The van der Waals surface area contributed by atoms with Crippen LogP contribution in [0.3, 0.4) is 0 Å². The summed E-state index contributed by atoms with van der Waals surface area (Å²) in [6, 6.07) is 5.89. The number of anilines is 1. The van der Waals surface area contributed by atoms with Crippen molar-refractivity contribution in [2.24, 2.45) is 0 Å². The molecule has 2 rings (SSSR count). The van der Waals surface area contributed by atoms with E-state index in [0.717, 1.165) is 30.9 Å². The maximum Gasteiger partial charge on any atom is 0.146 e. The van der Waals surface area contributed by atoms with Crippen molar-refractivity contribution in [2.75, 3.05) is 38.6 Å². The highest BCUT2D eigenvalue weighted by molar-refractivity contribution is 5.54. The molecule has 1 aliphatic rings. The van der Waals surface area contributed by atoms with E-state index in [1.54, 1.807) is 12.1 Å². The van der Waals surface area contributed by atoms with Gasteiger partial charge in [-0.1, -0.05) is 19.1 Å². The lowest BCUT2D eigenvalue weighted by Crippen LogP contribution is -2.37. The van der Waals surface area contributed by atoms with Crippen LogP contribution in [0.25, 0.3) is 0 Å². The second-order valence-electron chi connectivity index (χ2n) is 5.69. The largest absolute Gasteiger partial charge is 0.370 e. The molecule has 0 amide bonds. The van der Waals surface area contributed by atoms with Gasteiger partial charge in [-0.2, -0.15) is 0 Å². The summed E-state index contributed by atoms with van der Waals surface area (Å²) in [4.78, 5) is 4.45. The topological polar surface area (TPSA) is 18.5 Å². The van der Waals surface area contributed by atoms with Crippen LogP contribution in [0, 0.1) is 5.82 Å². The van der Waals surface area contributed by atoms with Crippen molar-refractivity contribution < 1.29 is 4.39 Å². The number of likely N-dealkylation sites (tertiary alicyclic amines) is 1. The molecule has 1 atom stereocenters. The first kappa shape index (κ1) is 15.3. The normalized spacial score (nSPS) is 19.5. The van der Waals surface area contributed by atoms with Crippen LogP contribution in [0.1, 0.15) is 25.3 Å². The highest BCUT2D eigenvalue weighted by Gasteiger charge is 2.23. The predicted molar refractivity (Wildman–Crippen MR) is 82.7 cm³/mol. The van der Waals surface area contributed by atoms with E-state index in [2.05, 4.69) is 29.1 Å². The molecule has 0 bridgehead atoms. The molecule has 1 aliphatic heterocycles. The van der Waals surface area contributed by atoms with Crippen molar-refractivity contribution in [1.82, 2.24) is 10.2 Å². The van der Waals surface area contributed by atoms with Crippen molar-refractivity contribution in [3.8, 4) is 0 Å². The van der Waals surface area contributed by atoms with E-state index >= 15 is 0 Å². The van der Waals surface area contributed by atoms with Gasteiger partial charge in [-0.05, 0) is 44.6 Å². The van der Waals surface area contributed by atoms with Crippen LogP contribution in [0.2, 0.25) is 0 Å². The van der Waals surface area contributed by atoms with Gasteiger partial charge in [-0.15, -0.1) is 0 Å². The lowest BCUT2D eigenvalue weighted by Gasteiger charge is -2.29. The van der Waals surface area contributed by atoms with Gasteiger partial charge in [0.25, 0.3) is 0 Å². The number of hydrogen-bond donors (Lipinski definition) is 1. The van der Waals surface area contributed by atoms with Crippen LogP contribution in [-0.2, 0) is 6.54 Å². The first-order valence-electron chi connectivity index (χ1n) is 7.53. The number of nitrogens with zero attached hydrogens (tertiary/aromatic N) is 2. The van der Waals surface area contributed by atoms with E-state index in [1.807, 2.05) is 13.1 Å². The monoisotopic (exact) mass is 279 g/mol. The maximum atomic E-state index is 14.2. The average Bonchev–Trinajstić information content (AvgIpc) is 2.81. The van der Waals surface area contributed by atoms with E-state index in [1.165, 1.54) is 12.8 Å². The molecule has 0 aromatic heterocycles. The predicted octanol–water partition coefficient (Wildman–Crippen LogP) is 2.47. The summed E-state index contributed by atoms with van der Waals surface area (Å²) >= 11 is 0. The van der Waals surface area contributed by atoms with E-state index in [0.29, 0.717) is 12.6 Å². The van der Waals surface area contributed by atoms with Gasteiger partial charge in [-0.25, -0.2) is 4.39 Å². The molecule has 112 valence electrons. The summed E-state index contributed by atoms with van der Waals surface area (Å²) in [5.74, 6) is -0.122. The minimum Gasteiger partial charge on any atom is -0.370 e. The zero-order chi connectivity index (χ0) is 14.5. The molecule has 1 unspecified atom stereocenters. The minimum atomic E-state index is -0.122. The zero-order valence-electron chi connectivity index (χ0n) is 12.8. The summed E-state index contributed by atoms with van der Waals surface area (Å²) < 4.78 is 14.2. The summed E-state index contributed by atoms with van der Waals surface area (Å²) in [6.07, 6.45) is 2.45. The number of nitrogens with one attached hydrogen (secondary N) is 1. The second-order valence-corrected chi connectivity index (χ2v) is 5.69. The second kappa shape index (κ2) is 7.04. The molecule has 20 heavy (non-hydrogen) atoms. The van der Waals surface area contributed by atoms with Crippen LogP contribution in [-0.4, -0.2) is 44.7 Å². The number of hydrogen-bond acceptors (Lipinski definition) is 3. The minimum absolute atomic E-state index is 0.122. The summed E-state index contributed by atoms with van der Waals surface area (Å²) in [5, 5.41) is 3.29. The summed E-state index contributed by atoms with van der Waals surface area (Å²) in [7, 11) is 4.16. The van der Waals surface area contributed by atoms with E-state index in [-0.39, 0.29) is 5.82 Å². The van der Waals surface area contributed by atoms with Crippen molar-refractivity contribution >= 4 is 5.69 Å². The third kappa shape index (κ3) is 3.49. The number of benzene rings is 1. The molecule has 1 N–H and O–H groups in total. The number of para-hydroxylation sites is 1. The molecular formula is C16H26FN3. The molecular weight excluding hydrogens is 253 g/mol. The molecule has 1 fully saturated rings. The number of halogens is 1. The first-order chi connectivity index (χ1) is 9.63. The van der Waals surface area contributed by atoms with Crippen molar-refractivity contribution in [3.63, 3.8) is 0 Å². The SMILES string of the molecule is CCNCc1cccc(F)c1N(C)CC1CCCN1C. The fraction of sp³-hybridized carbons (Fsp3) is 0.625. The highest BCUT2D eigenvalue weighted by Crippen LogP contribution is 2.25. The van der Waals surface area contributed by atoms with Crippen molar-refractivity contribution in [1.29, 1.82) is 0 Å². The van der Waals surface area contributed by atoms with E-state index in [9.17, 15) is 4.39 Å². The first-order valence-corrected chi connectivity index (χ1v) is 7.53. The Balaban J connectivity index is 2.13. The Kier molecular flexibility index (Phi) is 5.38. The molecule has 0 saturated carbocycles. The Morgan fingerprint density at radius 3 is 2.90 bits per heavy atom. The molecule has 4 heteroatoms. The molecule has 0 spiro atoms. The Morgan fingerprint density at radius 2 is 2.25 bits per heavy atom. The summed E-state index contributed by atoms with van der Waals surface area (Å²) in [5.41, 5.74) is 1.78. The molecule has 1 heterocycles. The lowest BCUT2D eigenvalue weighted by molar-refractivity contribution is 0.313. The van der Waals surface area contributed by atoms with Crippen LogP contribution < -0.4 is 10.2 Å². The van der Waals surface area contributed by atoms with Crippen LogP contribution in [0.5, 0.6) is 0 Å². The number of rotatable bonds is 6. The lowest BCUT2D eigenvalue weighted by atomic mass is 10.1. The van der Waals surface area contributed by atoms with Gasteiger partial charge in [-0.3, -0.25) is 0 Å². The quantitative estimate of drug-likeness (QED) is 0.863. The fourth-order valence-corrected chi connectivity index (χ4v) is 3.01. The Hall–Kier alpha value is -1.13. The van der Waals surface area contributed by atoms with Gasteiger partial charge in [0, 0.05) is 26.2 Å². The molecule has 0 aliphatic carbocycles. The Bertz CT molecular complexity index is 436. The van der Waals surface area contributed by atoms with Crippen molar-refractivity contribution in [3.05, 3.63) is 29.6 Å². The van der Waals surface area contributed by atoms with Gasteiger partial charge < -0.3 is 15.1 Å². The van der Waals surface area contributed by atoms with Crippen LogP contribution in [0.4, 0.5) is 10.1 Å². The average molecular weight is 279 g/mol. The van der Waals surface area contributed by atoms with Crippen LogP contribution >= 0.6 is 0 Å². The zero-order valence-corrected chi connectivity index (χ0v) is 12.8. The summed E-state index contributed by atoms with van der Waals surface area (Å²) in [6.45, 7) is 5.71. The van der Waals surface area contributed by atoms with Crippen LogP contribution in [0.15, 0.2) is 18.2 Å². The molecule has 1 saturated heterocycles. The van der Waals surface area contributed by atoms with E-state index in [4.69, 9.17) is 0 Å². The third-order valence-electron chi connectivity index (χ3n) is 4.17. The maximum absolute atomic E-state index is 14.2. The van der Waals surface area contributed by atoms with Gasteiger partial charge in [0.05, 0.1) is 5.69 Å². The smallest absolute Gasteiger partial charge is 0.146 e. The van der Waals surface area contributed by atoms with Gasteiger partial charge >= 0.3 is 0 Å². The highest BCUT2D eigenvalue weighted by atomic mass is 19.1. The molecule has 1 aromatic carbocycles. The third-order valence-corrected chi connectivity index (χ3v) is 4.17. The standard InChI is InChI=1S/C16H26FN3/c1-4-18-11-13-7-5-9-15(17)16(13)20(3)12-14-8-6-10-19(14)2/h5,7,9,14,18H,4,6,8,10-12H2,1-3H3.